The second-order valence-corrected chi connectivity index (χ2v) is 9.66. The zero-order valence-electron chi connectivity index (χ0n) is 9.96. The van der Waals surface area contributed by atoms with Crippen molar-refractivity contribution in [1.82, 2.24) is 0 Å². The summed E-state index contributed by atoms with van der Waals surface area (Å²) in [6, 6.07) is 8.30. The standard InChI is InChI=1S/C13H19NSi/c1-11(14)13-7-5-12(6-8-13)9-10-15(2,3)4/h5-8,11H,14H2,1-4H3. The fourth-order valence-electron chi connectivity index (χ4n) is 1.13. The summed E-state index contributed by atoms with van der Waals surface area (Å²) in [5.41, 5.74) is 11.4. The van der Waals surface area contributed by atoms with E-state index in [1.165, 1.54) is 0 Å². The Bertz CT molecular complexity index is 374. The van der Waals surface area contributed by atoms with Crippen LogP contribution in [0.3, 0.4) is 0 Å². The van der Waals surface area contributed by atoms with Crippen LogP contribution in [0.4, 0.5) is 0 Å². The molecule has 0 saturated heterocycles. The van der Waals surface area contributed by atoms with Gasteiger partial charge in [-0.15, -0.1) is 5.54 Å². The summed E-state index contributed by atoms with van der Waals surface area (Å²) in [5, 5.41) is 0. The molecule has 0 fully saturated rings. The van der Waals surface area contributed by atoms with Gasteiger partial charge in [0.1, 0.15) is 8.07 Å². The van der Waals surface area contributed by atoms with Crippen molar-refractivity contribution in [2.75, 3.05) is 0 Å². The second-order valence-electron chi connectivity index (χ2n) is 4.91. The molecule has 0 heterocycles. The first-order valence-electron chi connectivity index (χ1n) is 5.27. The molecule has 2 N–H and O–H groups in total. The Morgan fingerprint density at radius 3 is 2.07 bits per heavy atom. The van der Waals surface area contributed by atoms with E-state index in [0.717, 1.165) is 11.1 Å². The Labute approximate surface area is 93.7 Å². The summed E-state index contributed by atoms with van der Waals surface area (Å²) < 4.78 is 0. The quantitative estimate of drug-likeness (QED) is 0.568. The van der Waals surface area contributed by atoms with Gasteiger partial charge in [0.05, 0.1) is 0 Å². The highest BCUT2D eigenvalue weighted by atomic mass is 28.3. The van der Waals surface area contributed by atoms with Crippen molar-refractivity contribution in [3.8, 4) is 11.5 Å². The molecule has 80 valence electrons. The molecule has 0 spiro atoms. The molecule has 0 aliphatic carbocycles. The minimum atomic E-state index is -1.26. The smallest absolute Gasteiger partial charge is 0.129 e. The van der Waals surface area contributed by atoms with E-state index in [2.05, 4.69) is 43.2 Å². The van der Waals surface area contributed by atoms with Crippen molar-refractivity contribution in [3.63, 3.8) is 0 Å². The third-order valence-electron chi connectivity index (χ3n) is 2.02. The fraction of sp³-hybridized carbons (Fsp3) is 0.385. The summed E-state index contributed by atoms with van der Waals surface area (Å²) in [6.07, 6.45) is 0. The maximum absolute atomic E-state index is 5.78. The molecule has 1 aromatic rings. The van der Waals surface area contributed by atoms with E-state index in [1.54, 1.807) is 0 Å². The lowest BCUT2D eigenvalue weighted by Crippen LogP contribution is -2.16. The molecule has 1 rings (SSSR count). The Kier molecular flexibility index (Phi) is 3.73. The molecule has 1 unspecified atom stereocenters. The van der Waals surface area contributed by atoms with Gasteiger partial charge < -0.3 is 5.73 Å². The Balaban J connectivity index is 2.85. The molecule has 0 aliphatic rings. The third-order valence-corrected chi connectivity index (χ3v) is 2.89. The molecule has 0 radical (unpaired) electrons. The van der Waals surface area contributed by atoms with E-state index < -0.39 is 8.07 Å². The van der Waals surface area contributed by atoms with Gasteiger partial charge in [0.25, 0.3) is 0 Å². The number of nitrogens with two attached hydrogens (primary N) is 1. The van der Waals surface area contributed by atoms with E-state index in [-0.39, 0.29) is 6.04 Å². The molecule has 0 saturated carbocycles. The van der Waals surface area contributed by atoms with Crippen LogP contribution in [0.25, 0.3) is 0 Å². The topological polar surface area (TPSA) is 26.0 Å². The van der Waals surface area contributed by atoms with Crippen LogP contribution in [0.2, 0.25) is 19.6 Å². The van der Waals surface area contributed by atoms with Crippen LogP contribution in [-0.4, -0.2) is 8.07 Å². The molecule has 15 heavy (non-hydrogen) atoms. The SMILES string of the molecule is CC(N)c1ccc(C#C[Si](C)(C)C)cc1. The van der Waals surface area contributed by atoms with Crippen molar-refractivity contribution in [1.29, 1.82) is 0 Å². The minimum absolute atomic E-state index is 0.101. The number of hydrogen-bond acceptors (Lipinski definition) is 1. The average molecular weight is 217 g/mol. The van der Waals surface area contributed by atoms with Crippen LogP contribution >= 0.6 is 0 Å². The summed E-state index contributed by atoms with van der Waals surface area (Å²) >= 11 is 0. The fourth-order valence-corrected chi connectivity index (χ4v) is 1.65. The lowest BCUT2D eigenvalue weighted by molar-refractivity contribution is 0.818. The number of hydrogen-bond donors (Lipinski definition) is 1. The van der Waals surface area contributed by atoms with Crippen molar-refractivity contribution in [3.05, 3.63) is 35.4 Å². The summed E-state index contributed by atoms with van der Waals surface area (Å²) in [7, 11) is -1.26. The first-order chi connectivity index (χ1) is 6.88. The van der Waals surface area contributed by atoms with E-state index in [0.29, 0.717) is 0 Å². The number of rotatable bonds is 1. The maximum atomic E-state index is 5.78. The van der Waals surface area contributed by atoms with Crippen LogP contribution in [-0.2, 0) is 0 Å². The molecule has 2 heteroatoms. The third kappa shape index (κ3) is 4.33. The van der Waals surface area contributed by atoms with Crippen molar-refractivity contribution < 1.29 is 0 Å². The number of benzene rings is 1. The lowest BCUT2D eigenvalue weighted by Gasteiger charge is -2.05. The van der Waals surface area contributed by atoms with Gasteiger partial charge in [-0.1, -0.05) is 37.7 Å². The molecule has 1 nitrogen and oxygen atoms in total. The molecular weight excluding hydrogens is 198 g/mol. The largest absolute Gasteiger partial charge is 0.324 e. The Hall–Kier alpha value is -1.04. The normalized spacial score (nSPS) is 12.9. The Morgan fingerprint density at radius 1 is 1.13 bits per heavy atom. The Morgan fingerprint density at radius 2 is 1.67 bits per heavy atom. The first kappa shape index (κ1) is 12.0. The monoisotopic (exact) mass is 217 g/mol. The van der Waals surface area contributed by atoms with Gasteiger partial charge in [0.2, 0.25) is 0 Å². The molecular formula is C13H19NSi. The van der Waals surface area contributed by atoms with Gasteiger partial charge in [-0.2, -0.15) is 0 Å². The van der Waals surface area contributed by atoms with E-state index in [9.17, 15) is 0 Å². The second kappa shape index (κ2) is 4.65. The zero-order valence-corrected chi connectivity index (χ0v) is 11.0. The van der Waals surface area contributed by atoms with Crippen LogP contribution in [0.5, 0.6) is 0 Å². The van der Waals surface area contributed by atoms with Gasteiger partial charge in [0.15, 0.2) is 0 Å². The highest BCUT2D eigenvalue weighted by Crippen LogP contribution is 2.10. The highest BCUT2D eigenvalue weighted by Gasteiger charge is 2.07. The molecule has 0 aromatic heterocycles. The van der Waals surface area contributed by atoms with Gasteiger partial charge in [-0.3, -0.25) is 0 Å². The van der Waals surface area contributed by atoms with E-state index in [4.69, 9.17) is 5.73 Å². The van der Waals surface area contributed by atoms with Gasteiger partial charge >= 0.3 is 0 Å². The predicted molar refractivity (Wildman–Crippen MR) is 69.3 cm³/mol. The van der Waals surface area contributed by atoms with Gasteiger partial charge in [0, 0.05) is 11.6 Å². The maximum Gasteiger partial charge on any atom is 0.129 e. The van der Waals surface area contributed by atoms with Crippen LogP contribution in [0, 0.1) is 11.5 Å². The highest BCUT2D eigenvalue weighted by molar-refractivity contribution is 6.83. The van der Waals surface area contributed by atoms with Crippen LogP contribution < -0.4 is 5.73 Å². The van der Waals surface area contributed by atoms with Crippen molar-refractivity contribution in [2.24, 2.45) is 5.73 Å². The minimum Gasteiger partial charge on any atom is -0.324 e. The zero-order chi connectivity index (χ0) is 11.5. The van der Waals surface area contributed by atoms with E-state index >= 15 is 0 Å². The molecule has 0 bridgehead atoms. The van der Waals surface area contributed by atoms with Crippen molar-refractivity contribution >= 4 is 8.07 Å². The van der Waals surface area contributed by atoms with Gasteiger partial charge in [-0.25, -0.2) is 0 Å². The molecule has 0 aliphatic heterocycles. The molecule has 0 amide bonds. The predicted octanol–water partition coefficient (Wildman–Crippen LogP) is 2.94. The molecule has 1 atom stereocenters. The van der Waals surface area contributed by atoms with E-state index in [1.807, 2.05) is 19.1 Å². The summed E-state index contributed by atoms with van der Waals surface area (Å²) in [4.78, 5) is 0. The first-order valence-corrected chi connectivity index (χ1v) is 8.77. The molecule has 1 aromatic carbocycles. The lowest BCUT2D eigenvalue weighted by atomic mass is 10.1. The summed E-state index contributed by atoms with van der Waals surface area (Å²) in [5.74, 6) is 3.22. The van der Waals surface area contributed by atoms with Crippen LogP contribution in [0.1, 0.15) is 24.1 Å². The van der Waals surface area contributed by atoms with Crippen LogP contribution in [0.15, 0.2) is 24.3 Å². The van der Waals surface area contributed by atoms with Gasteiger partial charge in [-0.05, 0) is 24.6 Å². The average Bonchev–Trinajstić information content (AvgIpc) is 2.14. The van der Waals surface area contributed by atoms with Crippen molar-refractivity contribution in [2.45, 2.75) is 32.6 Å². The summed E-state index contributed by atoms with van der Waals surface area (Å²) in [6.45, 7) is 8.73.